The average Bonchev–Trinajstić information content (AvgIpc) is 2.47. The van der Waals surface area contributed by atoms with Gasteiger partial charge in [-0.25, -0.2) is 0 Å². The van der Waals surface area contributed by atoms with E-state index in [2.05, 4.69) is 5.32 Å². The molecule has 2 N–H and O–H groups in total. The Morgan fingerprint density at radius 1 is 1.29 bits per heavy atom. The molecule has 21 heavy (non-hydrogen) atoms. The highest BCUT2D eigenvalue weighted by atomic mass is 35.5. The molecule has 0 bridgehead atoms. The Morgan fingerprint density at radius 2 is 1.95 bits per heavy atom. The largest absolute Gasteiger partial charge is 0.481 e. The van der Waals surface area contributed by atoms with Gasteiger partial charge in [0, 0.05) is 5.02 Å². The summed E-state index contributed by atoms with van der Waals surface area (Å²) in [6, 6.07) is 7.13. The fourth-order valence-corrected chi connectivity index (χ4v) is 3.12. The fraction of sp³-hybridized carbons (Fsp3) is 0.500. The third kappa shape index (κ3) is 3.97. The zero-order valence-electron chi connectivity index (χ0n) is 12.0. The molecule has 5 heteroatoms. The van der Waals surface area contributed by atoms with Gasteiger partial charge in [-0.3, -0.25) is 9.59 Å². The van der Waals surface area contributed by atoms with E-state index in [1.165, 1.54) is 0 Å². The Kier molecular flexibility index (Phi) is 5.23. The quantitative estimate of drug-likeness (QED) is 0.895. The Labute approximate surface area is 129 Å². The number of halogens is 1. The van der Waals surface area contributed by atoms with Crippen molar-refractivity contribution >= 4 is 23.5 Å². The van der Waals surface area contributed by atoms with Gasteiger partial charge in [0.1, 0.15) is 0 Å². The molecule has 3 unspecified atom stereocenters. The average molecular weight is 310 g/mol. The maximum atomic E-state index is 12.4. The zero-order chi connectivity index (χ0) is 15.4. The number of carboxylic acid groups (broad SMARTS) is 1. The molecule has 0 heterocycles. The van der Waals surface area contributed by atoms with Crippen LogP contribution in [-0.2, 0) is 9.59 Å². The molecule has 1 amide bonds. The smallest absolute Gasteiger partial charge is 0.307 e. The van der Waals surface area contributed by atoms with Crippen LogP contribution >= 0.6 is 11.6 Å². The molecule has 114 valence electrons. The van der Waals surface area contributed by atoms with Gasteiger partial charge in [-0.1, -0.05) is 36.6 Å². The number of benzene rings is 1. The van der Waals surface area contributed by atoms with Crippen molar-refractivity contribution in [2.45, 2.75) is 38.6 Å². The molecular formula is C16H20ClNO3. The predicted molar refractivity (Wildman–Crippen MR) is 81.1 cm³/mol. The van der Waals surface area contributed by atoms with Crippen LogP contribution in [0.4, 0.5) is 0 Å². The molecule has 4 nitrogen and oxygen atoms in total. The van der Waals surface area contributed by atoms with Crippen LogP contribution in [0, 0.1) is 11.8 Å². The second kappa shape index (κ2) is 6.94. The highest BCUT2D eigenvalue weighted by Crippen LogP contribution is 2.31. The first-order valence-electron chi connectivity index (χ1n) is 7.27. The van der Waals surface area contributed by atoms with Crippen LogP contribution in [0.15, 0.2) is 24.3 Å². The minimum Gasteiger partial charge on any atom is -0.481 e. The van der Waals surface area contributed by atoms with Crippen LogP contribution in [-0.4, -0.2) is 17.0 Å². The first-order chi connectivity index (χ1) is 9.99. The van der Waals surface area contributed by atoms with Crippen molar-refractivity contribution in [3.63, 3.8) is 0 Å². The third-order valence-electron chi connectivity index (χ3n) is 4.13. The van der Waals surface area contributed by atoms with Crippen molar-refractivity contribution in [3.05, 3.63) is 34.9 Å². The second-order valence-electron chi connectivity index (χ2n) is 5.62. The number of carbonyl (C=O) groups excluding carboxylic acids is 1. The monoisotopic (exact) mass is 309 g/mol. The standard InChI is InChI=1S/C16H20ClNO3/c1-10(11-5-4-6-12(17)9-11)18-15(19)13-7-2-3-8-14(13)16(20)21/h4-6,9-10,13-14H,2-3,7-8H2,1H3,(H,18,19)(H,20,21). The lowest BCUT2D eigenvalue weighted by molar-refractivity contribution is -0.149. The molecule has 1 fully saturated rings. The van der Waals surface area contributed by atoms with Crippen molar-refractivity contribution in [1.82, 2.24) is 5.32 Å². The maximum absolute atomic E-state index is 12.4. The summed E-state index contributed by atoms with van der Waals surface area (Å²) in [5, 5.41) is 12.8. The van der Waals surface area contributed by atoms with Gasteiger partial charge in [-0.05, 0) is 37.5 Å². The highest BCUT2D eigenvalue weighted by molar-refractivity contribution is 6.30. The number of carboxylic acids is 1. The van der Waals surface area contributed by atoms with Gasteiger partial charge in [0.15, 0.2) is 0 Å². The van der Waals surface area contributed by atoms with Crippen LogP contribution in [0.5, 0.6) is 0 Å². The van der Waals surface area contributed by atoms with Crippen LogP contribution in [0.3, 0.4) is 0 Å². The molecule has 1 aromatic rings. The lowest BCUT2D eigenvalue weighted by Crippen LogP contribution is -2.40. The van der Waals surface area contributed by atoms with Crippen molar-refractivity contribution in [2.75, 3.05) is 0 Å². The number of hydrogen-bond acceptors (Lipinski definition) is 2. The molecule has 0 saturated heterocycles. The number of hydrogen-bond donors (Lipinski definition) is 2. The normalized spacial score (nSPS) is 23.3. The van der Waals surface area contributed by atoms with Crippen LogP contribution in [0.25, 0.3) is 0 Å². The molecule has 1 saturated carbocycles. The molecule has 2 rings (SSSR count). The summed E-state index contributed by atoms with van der Waals surface area (Å²) in [7, 11) is 0. The number of carbonyl (C=O) groups is 2. The van der Waals surface area contributed by atoms with Gasteiger partial charge in [0.05, 0.1) is 17.9 Å². The van der Waals surface area contributed by atoms with Gasteiger partial charge in [0.2, 0.25) is 5.91 Å². The molecule has 1 aliphatic carbocycles. The minimum absolute atomic E-state index is 0.172. The van der Waals surface area contributed by atoms with Gasteiger partial charge in [-0.2, -0.15) is 0 Å². The summed E-state index contributed by atoms with van der Waals surface area (Å²) in [4.78, 5) is 23.6. The Morgan fingerprint density at radius 3 is 2.57 bits per heavy atom. The molecule has 1 aromatic carbocycles. The van der Waals surface area contributed by atoms with E-state index in [4.69, 9.17) is 11.6 Å². The topological polar surface area (TPSA) is 66.4 Å². The Balaban J connectivity index is 2.04. The lowest BCUT2D eigenvalue weighted by Gasteiger charge is -2.28. The summed E-state index contributed by atoms with van der Waals surface area (Å²) < 4.78 is 0. The molecule has 0 aromatic heterocycles. The first kappa shape index (κ1) is 15.8. The van der Waals surface area contributed by atoms with E-state index in [1.807, 2.05) is 25.1 Å². The van der Waals surface area contributed by atoms with Crippen molar-refractivity contribution < 1.29 is 14.7 Å². The SMILES string of the molecule is CC(NC(=O)C1CCCCC1C(=O)O)c1cccc(Cl)c1. The first-order valence-corrected chi connectivity index (χ1v) is 7.65. The predicted octanol–water partition coefficient (Wildman–Crippen LogP) is 3.41. The minimum atomic E-state index is -0.870. The molecule has 0 radical (unpaired) electrons. The zero-order valence-corrected chi connectivity index (χ0v) is 12.8. The van der Waals surface area contributed by atoms with Gasteiger partial charge in [0.25, 0.3) is 0 Å². The van der Waals surface area contributed by atoms with E-state index in [0.29, 0.717) is 17.9 Å². The van der Waals surface area contributed by atoms with Crippen LogP contribution < -0.4 is 5.32 Å². The summed E-state index contributed by atoms with van der Waals surface area (Å²) in [6.07, 6.45) is 3.02. The Hall–Kier alpha value is -1.55. The number of aliphatic carboxylic acids is 1. The van der Waals surface area contributed by atoms with E-state index in [9.17, 15) is 14.7 Å². The van der Waals surface area contributed by atoms with E-state index in [0.717, 1.165) is 18.4 Å². The molecule has 0 spiro atoms. The highest BCUT2D eigenvalue weighted by Gasteiger charge is 2.36. The van der Waals surface area contributed by atoms with Crippen LogP contribution in [0.1, 0.15) is 44.2 Å². The number of nitrogens with one attached hydrogen (secondary N) is 1. The molecule has 3 atom stereocenters. The van der Waals surface area contributed by atoms with E-state index in [1.54, 1.807) is 6.07 Å². The fourth-order valence-electron chi connectivity index (χ4n) is 2.92. The molecule has 0 aliphatic heterocycles. The van der Waals surface area contributed by atoms with Crippen LogP contribution in [0.2, 0.25) is 5.02 Å². The molecular weight excluding hydrogens is 290 g/mol. The van der Waals surface area contributed by atoms with E-state index < -0.39 is 17.8 Å². The van der Waals surface area contributed by atoms with Gasteiger partial charge in [-0.15, -0.1) is 0 Å². The van der Waals surface area contributed by atoms with E-state index in [-0.39, 0.29) is 11.9 Å². The van der Waals surface area contributed by atoms with E-state index >= 15 is 0 Å². The summed E-state index contributed by atoms with van der Waals surface area (Å²) in [5.41, 5.74) is 0.915. The second-order valence-corrected chi connectivity index (χ2v) is 6.06. The van der Waals surface area contributed by atoms with Gasteiger partial charge >= 0.3 is 5.97 Å². The summed E-state index contributed by atoms with van der Waals surface area (Å²) >= 11 is 5.95. The Bertz CT molecular complexity index is 532. The summed E-state index contributed by atoms with van der Waals surface area (Å²) in [5.74, 6) is -2.04. The lowest BCUT2D eigenvalue weighted by atomic mass is 9.78. The van der Waals surface area contributed by atoms with Gasteiger partial charge < -0.3 is 10.4 Å². The molecule has 1 aliphatic rings. The van der Waals surface area contributed by atoms with Crippen molar-refractivity contribution in [1.29, 1.82) is 0 Å². The van der Waals surface area contributed by atoms with Crippen molar-refractivity contribution in [3.8, 4) is 0 Å². The number of rotatable bonds is 4. The maximum Gasteiger partial charge on any atom is 0.307 e. The summed E-state index contributed by atoms with van der Waals surface area (Å²) in [6.45, 7) is 1.88. The number of amides is 1. The third-order valence-corrected chi connectivity index (χ3v) is 4.36. The van der Waals surface area contributed by atoms with Crippen molar-refractivity contribution in [2.24, 2.45) is 11.8 Å².